The van der Waals surface area contributed by atoms with E-state index in [9.17, 15) is 8.78 Å². The number of fused-ring (bicyclic) bond motifs is 1. The van der Waals surface area contributed by atoms with E-state index in [2.05, 4.69) is 4.98 Å². The fourth-order valence-electron chi connectivity index (χ4n) is 2.27. The molecular weight excluding hydrogens is 258 g/mol. The number of hydrogen-bond acceptors (Lipinski definition) is 1. The van der Waals surface area contributed by atoms with Gasteiger partial charge in [-0.2, -0.15) is 0 Å². The molecule has 102 valence electrons. The molecule has 0 N–H and O–H groups in total. The minimum absolute atomic E-state index is 0.338. The molecule has 3 rings (SSSR count). The Morgan fingerprint density at radius 3 is 2.55 bits per heavy atom. The van der Waals surface area contributed by atoms with Crippen LogP contribution >= 0.6 is 0 Å². The summed E-state index contributed by atoms with van der Waals surface area (Å²) in [5.74, 6) is -1.09. The molecule has 0 saturated carbocycles. The molecule has 0 spiro atoms. The van der Waals surface area contributed by atoms with Crippen LogP contribution in [0.3, 0.4) is 0 Å². The maximum Gasteiger partial charge on any atom is 0.131 e. The lowest BCUT2D eigenvalue weighted by Gasteiger charge is -2.07. The number of halogens is 2. The maximum atomic E-state index is 13.7. The van der Waals surface area contributed by atoms with Crippen LogP contribution in [0.4, 0.5) is 8.78 Å². The Labute approximate surface area is 115 Å². The minimum atomic E-state index is -0.562. The van der Waals surface area contributed by atoms with E-state index < -0.39 is 11.6 Å². The van der Waals surface area contributed by atoms with Gasteiger partial charge in [-0.05, 0) is 43.2 Å². The van der Waals surface area contributed by atoms with Crippen LogP contribution in [0.25, 0.3) is 11.0 Å². The van der Waals surface area contributed by atoms with Crippen LogP contribution in [0, 0.1) is 25.5 Å². The summed E-state index contributed by atoms with van der Waals surface area (Å²) in [4.78, 5) is 4.33. The van der Waals surface area contributed by atoms with Crippen molar-refractivity contribution in [1.29, 1.82) is 0 Å². The molecule has 0 aliphatic heterocycles. The number of hydrogen-bond donors (Lipinski definition) is 0. The fourth-order valence-corrected chi connectivity index (χ4v) is 2.27. The van der Waals surface area contributed by atoms with Gasteiger partial charge in [-0.3, -0.25) is 0 Å². The van der Waals surface area contributed by atoms with Gasteiger partial charge in [-0.15, -0.1) is 0 Å². The van der Waals surface area contributed by atoms with Crippen molar-refractivity contribution in [3.8, 4) is 0 Å². The molecule has 0 unspecified atom stereocenters. The van der Waals surface area contributed by atoms with E-state index in [4.69, 9.17) is 0 Å². The standard InChI is InChI=1S/C16H14F2N2/c1-10-5-15-16(6-11(10)2)20(9-19-15)8-12-3-4-13(17)7-14(12)18/h3-7,9H,8H2,1-2H3. The van der Waals surface area contributed by atoms with Gasteiger partial charge in [0.1, 0.15) is 11.6 Å². The van der Waals surface area contributed by atoms with Crippen molar-refractivity contribution >= 4 is 11.0 Å². The Balaban J connectivity index is 2.04. The lowest BCUT2D eigenvalue weighted by Crippen LogP contribution is -2.01. The molecule has 0 atom stereocenters. The van der Waals surface area contributed by atoms with Gasteiger partial charge in [-0.25, -0.2) is 13.8 Å². The van der Waals surface area contributed by atoms with Crippen molar-refractivity contribution in [3.05, 3.63) is 65.0 Å². The molecular formula is C16H14F2N2. The van der Waals surface area contributed by atoms with Crippen LogP contribution in [-0.2, 0) is 6.54 Å². The first-order valence-electron chi connectivity index (χ1n) is 6.40. The molecule has 0 bridgehead atoms. The first-order chi connectivity index (χ1) is 9.54. The molecule has 20 heavy (non-hydrogen) atoms. The Kier molecular flexibility index (Phi) is 3.01. The largest absolute Gasteiger partial charge is 0.326 e. The summed E-state index contributed by atoms with van der Waals surface area (Å²) in [6.07, 6.45) is 1.69. The van der Waals surface area contributed by atoms with E-state index in [0.29, 0.717) is 12.1 Å². The van der Waals surface area contributed by atoms with Crippen LogP contribution in [0.2, 0.25) is 0 Å². The fraction of sp³-hybridized carbons (Fsp3) is 0.188. The molecule has 2 aromatic carbocycles. The maximum absolute atomic E-state index is 13.7. The zero-order valence-corrected chi connectivity index (χ0v) is 11.3. The number of nitrogens with zero attached hydrogens (tertiary/aromatic N) is 2. The summed E-state index contributed by atoms with van der Waals surface area (Å²) >= 11 is 0. The van der Waals surface area contributed by atoms with E-state index in [1.54, 1.807) is 6.33 Å². The van der Waals surface area contributed by atoms with E-state index in [1.165, 1.54) is 23.3 Å². The van der Waals surface area contributed by atoms with Crippen LogP contribution < -0.4 is 0 Å². The van der Waals surface area contributed by atoms with Crippen LogP contribution in [0.15, 0.2) is 36.7 Å². The van der Waals surface area contributed by atoms with Crippen LogP contribution in [0.1, 0.15) is 16.7 Å². The predicted octanol–water partition coefficient (Wildman–Crippen LogP) is 3.98. The van der Waals surface area contributed by atoms with Gasteiger partial charge >= 0.3 is 0 Å². The second-order valence-electron chi connectivity index (χ2n) is 5.03. The van der Waals surface area contributed by atoms with Crippen molar-refractivity contribution < 1.29 is 8.78 Å². The summed E-state index contributed by atoms with van der Waals surface area (Å²) in [5.41, 5.74) is 4.63. The van der Waals surface area contributed by atoms with Gasteiger partial charge in [0.2, 0.25) is 0 Å². The predicted molar refractivity (Wildman–Crippen MR) is 74.7 cm³/mol. The van der Waals surface area contributed by atoms with Gasteiger partial charge < -0.3 is 4.57 Å². The van der Waals surface area contributed by atoms with Crippen LogP contribution in [0.5, 0.6) is 0 Å². The second kappa shape index (κ2) is 4.71. The molecule has 4 heteroatoms. The van der Waals surface area contributed by atoms with Crippen molar-refractivity contribution in [2.24, 2.45) is 0 Å². The third-order valence-electron chi connectivity index (χ3n) is 3.59. The van der Waals surface area contributed by atoms with Crippen molar-refractivity contribution in [1.82, 2.24) is 9.55 Å². The van der Waals surface area contributed by atoms with Gasteiger partial charge in [-0.1, -0.05) is 6.07 Å². The number of rotatable bonds is 2. The normalized spacial score (nSPS) is 11.2. The Morgan fingerprint density at radius 1 is 1.05 bits per heavy atom. The zero-order chi connectivity index (χ0) is 14.3. The summed E-state index contributed by atoms with van der Waals surface area (Å²) < 4.78 is 28.5. The van der Waals surface area contributed by atoms with Crippen molar-refractivity contribution in [2.75, 3.05) is 0 Å². The minimum Gasteiger partial charge on any atom is -0.326 e. The summed E-state index contributed by atoms with van der Waals surface area (Å²) in [5, 5.41) is 0. The molecule has 0 radical (unpaired) electrons. The number of benzene rings is 2. The molecule has 1 aromatic heterocycles. The van der Waals surface area contributed by atoms with E-state index in [-0.39, 0.29) is 0 Å². The molecule has 2 nitrogen and oxygen atoms in total. The molecule has 0 fully saturated rings. The van der Waals surface area contributed by atoms with Crippen molar-refractivity contribution in [3.63, 3.8) is 0 Å². The quantitative estimate of drug-likeness (QED) is 0.690. The third kappa shape index (κ3) is 2.18. The van der Waals surface area contributed by atoms with Gasteiger partial charge in [0, 0.05) is 11.6 Å². The lowest BCUT2D eigenvalue weighted by molar-refractivity contribution is 0.567. The second-order valence-corrected chi connectivity index (χ2v) is 5.03. The highest BCUT2D eigenvalue weighted by molar-refractivity contribution is 5.77. The highest BCUT2D eigenvalue weighted by atomic mass is 19.1. The molecule has 1 heterocycles. The van der Waals surface area contributed by atoms with Gasteiger partial charge in [0.25, 0.3) is 0 Å². The molecule has 0 aliphatic rings. The first kappa shape index (κ1) is 12.8. The van der Waals surface area contributed by atoms with Gasteiger partial charge in [0.05, 0.1) is 23.9 Å². The highest BCUT2D eigenvalue weighted by Crippen LogP contribution is 2.20. The Hall–Kier alpha value is -2.23. The summed E-state index contributed by atoms with van der Waals surface area (Å²) in [6.45, 7) is 4.41. The molecule has 0 aliphatic carbocycles. The number of imidazole rings is 1. The topological polar surface area (TPSA) is 17.8 Å². The summed E-state index contributed by atoms with van der Waals surface area (Å²) in [6, 6.07) is 7.70. The Bertz CT molecular complexity index is 791. The van der Waals surface area contributed by atoms with Gasteiger partial charge in [0.15, 0.2) is 0 Å². The van der Waals surface area contributed by atoms with E-state index >= 15 is 0 Å². The zero-order valence-electron chi connectivity index (χ0n) is 11.3. The SMILES string of the molecule is Cc1cc2ncn(Cc3ccc(F)cc3F)c2cc1C. The third-order valence-corrected chi connectivity index (χ3v) is 3.59. The van der Waals surface area contributed by atoms with Crippen molar-refractivity contribution in [2.45, 2.75) is 20.4 Å². The Morgan fingerprint density at radius 2 is 1.80 bits per heavy atom. The average molecular weight is 272 g/mol. The van der Waals surface area contributed by atoms with Crippen LogP contribution in [-0.4, -0.2) is 9.55 Å². The van der Waals surface area contributed by atoms with E-state index in [1.807, 2.05) is 30.5 Å². The number of aryl methyl sites for hydroxylation is 2. The number of aromatic nitrogens is 2. The average Bonchev–Trinajstić information content (AvgIpc) is 2.76. The molecule has 3 aromatic rings. The molecule has 0 amide bonds. The highest BCUT2D eigenvalue weighted by Gasteiger charge is 2.08. The smallest absolute Gasteiger partial charge is 0.131 e. The lowest BCUT2D eigenvalue weighted by atomic mass is 10.1. The summed E-state index contributed by atoms with van der Waals surface area (Å²) in [7, 11) is 0. The monoisotopic (exact) mass is 272 g/mol. The first-order valence-corrected chi connectivity index (χ1v) is 6.40. The van der Waals surface area contributed by atoms with E-state index in [0.717, 1.165) is 17.1 Å². The molecule has 0 saturated heterocycles.